The van der Waals surface area contributed by atoms with Crippen LogP contribution in [-0.4, -0.2) is 4.98 Å². The van der Waals surface area contributed by atoms with Crippen LogP contribution in [0, 0.1) is 5.92 Å². The Balaban J connectivity index is 2.34. The minimum absolute atomic E-state index is 0.563. The second-order valence-corrected chi connectivity index (χ2v) is 6.22. The Labute approximate surface area is 117 Å². The molecule has 2 N–H and O–H groups in total. The number of aromatic nitrogens is 1. The number of benzene rings is 1. The summed E-state index contributed by atoms with van der Waals surface area (Å²) in [6, 6.07) is 7.78. The van der Waals surface area contributed by atoms with Crippen LogP contribution < -0.4 is 5.73 Å². The molecule has 0 bridgehead atoms. The normalized spacial score (nSPS) is 11.2. The molecule has 0 fully saturated rings. The Kier molecular flexibility index (Phi) is 4.38. The predicted molar refractivity (Wildman–Crippen MR) is 79.0 cm³/mol. The highest BCUT2D eigenvalue weighted by atomic mass is 35.5. The van der Waals surface area contributed by atoms with E-state index in [0.29, 0.717) is 12.5 Å². The maximum Gasteiger partial charge on any atom is 0.123 e. The SMILES string of the molecule is CC(C)Cc1nc(-c2ccc(Cl)cc2)sc1CN. The average molecular weight is 281 g/mol. The summed E-state index contributed by atoms with van der Waals surface area (Å²) < 4.78 is 0. The van der Waals surface area contributed by atoms with Crippen LogP contribution in [0.4, 0.5) is 0 Å². The minimum Gasteiger partial charge on any atom is -0.326 e. The number of nitrogens with two attached hydrogens (primary N) is 1. The molecule has 0 saturated carbocycles. The fourth-order valence-electron chi connectivity index (χ4n) is 1.80. The molecule has 4 heteroatoms. The van der Waals surface area contributed by atoms with Crippen molar-refractivity contribution in [2.75, 3.05) is 0 Å². The van der Waals surface area contributed by atoms with Gasteiger partial charge in [-0.2, -0.15) is 0 Å². The van der Waals surface area contributed by atoms with Crippen LogP contribution >= 0.6 is 22.9 Å². The second kappa shape index (κ2) is 5.83. The monoisotopic (exact) mass is 280 g/mol. The van der Waals surface area contributed by atoms with Crippen molar-refractivity contribution in [2.45, 2.75) is 26.8 Å². The van der Waals surface area contributed by atoms with Crippen molar-refractivity contribution in [3.05, 3.63) is 39.9 Å². The highest BCUT2D eigenvalue weighted by Gasteiger charge is 2.12. The molecule has 2 aromatic rings. The second-order valence-electron chi connectivity index (χ2n) is 4.70. The first kappa shape index (κ1) is 13.5. The molecular weight excluding hydrogens is 264 g/mol. The summed E-state index contributed by atoms with van der Waals surface area (Å²) in [5.41, 5.74) is 8.04. The van der Waals surface area contributed by atoms with Crippen molar-refractivity contribution < 1.29 is 0 Å². The van der Waals surface area contributed by atoms with Gasteiger partial charge >= 0.3 is 0 Å². The summed E-state index contributed by atoms with van der Waals surface area (Å²) in [7, 11) is 0. The highest BCUT2D eigenvalue weighted by molar-refractivity contribution is 7.15. The molecule has 1 heterocycles. The number of hydrogen-bond donors (Lipinski definition) is 1. The number of thiazole rings is 1. The van der Waals surface area contributed by atoms with Crippen LogP contribution in [0.25, 0.3) is 10.6 Å². The lowest BCUT2D eigenvalue weighted by Gasteiger charge is -2.02. The van der Waals surface area contributed by atoms with Gasteiger partial charge in [-0.3, -0.25) is 0 Å². The Hall–Kier alpha value is -0.900. The van der Waals surface area contributed by atoms with Gasteiger partial charge in [0.05, 0.1) is 5.69 Å². The third-order valence-electron chi connectivity index (χ3n) is 2.66. The van der Waals surface area contributed by atoms with Crippen molar-refractivity contribution in [1.82, 2.24) is 4.98 Å². The molecule has 0 radical (unpaired) electrons. The molecule has 2 rings (SSSR count). The van der Waals surface area contributed by atoms with Crippen LogP contribution in [0.2, 0.25) is 5.02 Å². The molecule has 0 aliphatic heterocycles. The summed E-state index contributed by atoms with van der Waals surface area (Å²) in [4.78, 5) is 5.91. The van der Waals surface area contributed by atoms with E-state index in [1.165, 1.54) is 4.88 Å². The maximum absolute atomic E-state index is 5.89. The fraction of sp³-hybridized carbons (Fsp3) is 0.357. The van der Waals surface area contributed by atoms with Gasteiger partial charge in [0.25, 0.3) is 0 Å². The molecule has 1 aromatic carbocycles. The largest absolute Gasteiger partial charge is 0.326 e. The van der Waals surface area contributed by atoms with Gasteiger partial charge in [-0.25, -0.2) is 4.98 Å². The first-order valence-corrected chi connectivity index (χ1v) is 7.24. The summed E-state index contributed by atoms with van der Waals surface area (Å²) in [6.45, 7) is 4.95. The highest BCUT2D eigenvalue weighted by Crippen LogP contribution is 2.29. The van der Waals surface area contributed by atoms with Gasteiger partial charge in [0, 0.05) is 22.0 Å². The molecule has 0 aliphatic rings. The molecule has 0 unspecified atom stereocenters. The first-order valence-electron chi connectivity index (χ1n) is 6.04. The zero-order valence-electron chi connectivity index (χ0n) is 10.6. The first-order chi connectivity index (χ1) is 8.60. The van der Waals surface area contributed by atoms with E-state index in [9.17, 15) is 0 Å². The van der Waals surface area contributed by atoms with Gasteiger partial charge in [-0.1, -0.05) is 37.6 Å². The predicted octanol–water partition coefficient (Wildman–Crippen LogP) is 4.12. The molecule has 1 aromatic heterocycles. The van der Waals surface area contributed by atoms with Gasteiger partial charge in [0.15, 0.2) is 0 Å². The zero-order chi connectivity index (χ0) is 13.1. The van der Waals surface area contributed by atoms with E-state index in [0.717, 1.165) is 27.7 Å². The molecule has 0 atom stereocenters. The molecule has 0 spiro atoms. The number of halogens is 1. The quantitative estimate of drug-likeness (QED) is 0.915. The molecule has 96 valence electrons. The van der Waals surface area contributed by atoms with Crippen LogP contribution in [0.5, 0.6) is 0 Å². The van der Waals surface area contributed by atoms with Crippen LogP contribution in [0.15, 0.2) is 24.3 Å². The summed E-state index contributed by atoms with van der Waals surface area (Å²) in [5, 5.41) is 1.78. The Morgan fingerprint density at radius 2 is 1.94 bits per heavy atom. The molecule has 18 heavy (non-hydrogen) atoms. The fourth-order valence-corrected chi connectivity index (χ4v) is 2.90. The Morgan fingerprint density at radius 3 is 2.50 bits per heavy atom. The average Bonchev–Trinajstić information content (AvgIpc) is 2.72. The van der Waals surface area contributed by atoms with Crippen molar-refractivity contribution in [2.24, 2.45) is 11.7 Å². The van der Waals surface area contributed by atoms with Crippen LogP contribution in [0.1, 0.15) is 24.4 Å². The van der Waals surface area contributed by atoms with Crippen LogP contribution in [-0.2, 0) is 13.0 Å². The third-order valence-corrected chi connectivity index (χ3v) is 4.08. The lowest BCUT2D eigenvalue weighted by atomic mass is 10.1. The molecular formula is C14H17ClN2S. The lowest BCUT2D eigenvalue weighted by Crippen LogP contribution is -2.01. The van der Waals surface area contributed by atoms with Gasteiger partial charge in [0.1, 0.15) is 5.01 Å². The van der Waals surface area contributed by atoms with Gasteiger partial charge < -0.3 is 5.73 Å². The van der Waals surface area contributed by atoms with Crippen molar-refractivity contribution in [3.63, 3.8) is 0 Å². The van der Waals surface area contributed by atoms with E-state index in [1.807, 2.05) is 24.3 Å². The summed E-state index contributed by atoms with van der Waals surface area (Å²) >= 11 is 7.58. The smallest absolute Gasteiger partial charge is 0.123 e. The molecule has 0 amide bonds. The van der Waals surface area contributed by atoms with Gasteiger partial charge in [-0.05, 0) is 24.5 Å². The standard InChI is InChI=1S/C14H17ClN2S/c1-9(2)7-12-13(8-16)18-14(17-12)10-3-5-11(15)6-4-10/h3-6,9H,7-8,16H2,1-2H3. The van der Waals surface area contributed by atoms with Crippen molar-refractivity contribution in [3.8, 4) is 10.6 Å². The number of rotatable bonds is 4. The maximum atomic E-state index is 5.89. The number of hydrogen-bond acceptors (Lipinski definition) is 3. The van der Waals surface area contributed by atoms with E-state index < -0.39 is 0 Å². The Morgan fingerprint density at radius 1 is 1.28 bits per heavy atom. The zero-order valence-corrected chi connectivity index (χ0v) is 12.2. The summed E-state index contributed by atoms with van der Waals surface area (Å²) in [5.74, 6) is 0.593. The molecule has 0 saturated heterocycles. The van der Waals surface area contributed by atoms with E-state index in [-0.39, 0.29) is 0 Å². The number of nitrogens with zero attached hydrogens (tertiary/aromatic N) is 1. The molecule has 2 nitrogen and oxygen atoms in total. The van der Waals surface area contributed by atoms with E-state index >= 15 is 0 Å². The van der Waals surface area contributed by atoms with E-state index in [4.69, 9.17) is 22.3 Å². The van der Waals surface area contributed by atoms with Crippen molar-refractivity contribution in [1.29, 1.82) is 0 Å². The summed E-state index contributed by atoms with van der Waals surface area (Å²) in [6.07, 6.45) is 0.983. The Bertz CT molecular complexity index is 517. The molecule has 0 aliphatic carbocycles. The lowest BCUT2D eigenvalue weighted by molar-refractivity contribution is 0.634. The van der Waals surface area contributed by atoms with E-state index in [2.05, 4.69) is 13.8 Å². The van der Waals surface area contributed by atoms with E-state index in [1.54, 1.807) is 11.3 Å². The minimum atomic E-state index is 0.563. The third kappa shape index (κ3) is 3.10. The van der Waals surface area contributed by atoms with Crippen LogP contribution in [0.3, 0.4) is 0 Å². The topological polar surface area (TPSA) is 38.9 Å². The van der Waals surface area contributed by atoms with Gasteiger partial charge in [-0.15, -0.1) is 11.3 Å². The van der Waals surface area contributed by atoms with Crippen molar-refractivity contribution >= 4 is 22.9 Å². The van der Waals surface area contributed by atoms with Gasteiger partial charge in [0.2, 0.25) is 0 Å².